The smallest absolute Gasteiger partial charge is 0.254 e. The largest absolute Gasteiger partial charge is 0.380 e. The molecule has 1 fully saturated rings. The molecule has 3 N–H and O–H groups in total. The first-order valence-corrected chi connectivity index (χ1v) is 10.7. The van der Waals surface area contributed by atoms with Gasteiger partial charge in [-0.25, -0.2) is 4.99 Å². The maximum absolute atomic E-state index is 12.5. The van der Waals surface area contributed by atoms with Gasteiger partial charge in [0.15, 0.2) is 5.96 Å². The maximum Gasteiger partial charge on any atom is 0.254 e. The standard InChI is InChI=1S/C22H35N5O3/c1-4-23-22(25-11-14-30-13-9-17(2)3)26-15-18-5-7-19(8-6-18)21(29)27-12-10-24-20(28)16-27/h5-8,17H,4,9-16H2,1-3H3,(H,24,28)(H2,23,25,26). The zero-order valence-corrected chi connectivity index (χ0v) is 18.4. The lowest BCUT2D eigenvalue weighted by Crippen LogP contribution is -2.49. The molecule has 0 saturated carbocycles. The fourth-order valence-electron chi connectivity index (χ4n) is 2.92. The van der Waals surface area contributed by atoms with Crippen LogP contribution in [0, 0.1) is 5.92 Å². The molecular weight excluding hydrogens is 382 g/mol. The van der Waals surface area contributed by atoms with Crippen LogP contribution in [0.15, 0.2) is 29.3 Å². The summed E-state index contributed by atoms with van der Waals surface area (Å²) in [6, 6.07) is 7.39. The van der Waals surface area contributed by atoms with Gasteiger partial charge in [0.2, 0.25) is 5.91 Å². The van der Waals surface area contributed by atoms with E-state index in [1.807, 2.05) is 19.1 Å². The van der Waals surface area contributed by atoms with Crippen LogP contribution in [0.4, 0.5) is 0 Å². The monoisotopic (exact) mass is 417 g/mol. The number of ether oxygens (including phenoxy) is 1. The third kappa shape index (κ3) is 8.41. The topological polar surface area (TPSA) is 95.1 Å². The van der Waals surface area contributed by atoms with E-state index in [-0.39, 0.29) is 18.4 Å². The van der Waals surface area contributed by atoms with Crippen LogP contribution in [-0.4, -0.2) is 68.6 Å². The first kappa shape index (κ1) is 23.7. The van der Waals surface area contributed by atoms with Gasteiger partial charge < -0.3 is 25.6 Å². The van der Waals surface area contributed by atoms with Crippen molar-refractivity contribution < 1.29 is 14.3 Å². The van der Waals surface area contributed by atoms with Crippen LogP contribution in [0.3, 0.4) is 0 Å². The van der Waals surface area contributed by atoms with E-state index < -0.39 is 0 Å². The van der Waals surface area contributed by atoms with Crippen LogP contribution in [0.5, 0.6) is 0 Å². The number of hydrogen-bond donors (Lipinski definition) is 3. The quantitative estimate of drug-likeness (QED) is 0.304. The van der Waals surface area contributed by atoms with Crippen molar-refractivity contribution in [3.05, 3.63) is 35.4 Å². The number of amides is 2. The van der Waals surface area contributed by atoms with Gasteiger partial charge in [0, 0.05) is 38.3 Å². The van der Waals surface area contributed by atoms with Crippen molar-refractivity contribution in [1.29, 1.82) is 0 Å². The molecule has 1 aliphatic rings. The van der Waals surface area contributed by atoms with E-state index in [9.17, 15) is 9.59 Å². The van der Waals surface area contributed by atoms with Crippen LogP contribution >= 0.6 is 0 Å². The van der Waals surface area contributed by atoms with Gasteiger partial charge in [0.1, 0.15) is 0 Å². The Morgan fingerprint density at radius 3 is 2.67 bits per heavy atom. The number of piperazine rings is 1. The summed E-state index contributed by atoms with van der Waals surface area (Å²) in [4.78, 5) is 30.2. The molecule has 30 heavy (non-hydrogen) atoms. The van der Waals surface area contributed by atoms with Crippen molar-refractivity contribution >= 4 is 17.8 Å². The molecule has 0 unspecified atom stereocenters. The summed E-state index contributed by atoms with van der Waals surface area (Å²) >= 11 is 0. The molecule has 8 heteroatoms. The summed E-state index contributed by atoms with van der Waals surface area (Å²) in [6.45, 7) is 10.9. The second-order valence-electron chi connectivity index (χ2n) is 7.69. The van der Waals surface area contributed by atoms with Crippen LogP contribution in [0.1, 0.15) is 43.1 Å². The molecule has 0 atom stereocenters. The lowest BCUT2D eigenvalue weighted by Gasteiger charge is -2.26. The summed E-state index contributed by atoms with van der Waals surface area (Å²) in [5, 5.41) is 9.22. The molecule has 2 rings (SSSR count). The molecule has 1 aromatic carbocycles. The lowest BCUT2D eigenvalue weighted by atomic mass is 10.1. The van der Waals surface area contributed by atoms with Crippen molar-refractivity contribution in [1.82, 2.24) is 20.9 Å². The van der Waals surface area contributed by atoms with Crippen LogP contribution in [0.2, 0.25) is 0 Å². The van der Waals surface area contributed by atoms with Gasteiger partial charge in [-0.2, -0.15) is 0 Å². The van der Waals surface area contributed by atoms with E-state index in [0.717, 1.165) is 31.1 Å². The number of hydrogen-bond acceptors (Lipinski definition) is 4. The van der Waals surface area contributed by atoms with Gasteiger partial charge in [0.25, 0.3) is 5.91 Å². The number of carbonyl (C=O) groups is 2. The number of nitrogens with one attached hydrogen (secondary N) is 3. The summed E-state index contributed by atoms with van der Waals surface area (Å²) < 4.78 is 5.62. The van der Waals surface area contributed by atoms with Gasteiger partial charge in [-0.1, -0.05) is 26.0 Å². The van der Waals surface area contributed by atoms with E-state index in [1.165, 1.54) is 0 Å². The van der Waals surface area contributed by atoms with Gasteiger partial charge >= 0.3 is 0 Å². The maximum atomic E-state index is 12.5. The minimum atomic E-state index is -0.118. The molecule has 0 aliphatic carbocycles. The minimum absolute atomic E-state index is 0.115. The van der Waals surface area contributed by atoms with Crippen molar-refractivity contribution in [2.24, 2.45) is 10.9 Å². The molecule has 1 saturated heterocycles. The highest BCUT2D eigenvalue weighted by Crippen LogP contribution is 2.10. The highest BCUT2D eigenvalue weighted by molar-refractivity contribution is 5.97. The van der Waals surface area contributed by atoms with Crippen LogP contribution in [-0.2, 0) is 16.1 Å². The predicted molar refractivity (Wildman–Crippen MR) is 118 cm³/mol. The SMILES string of the molecule is CCNC(=NCc1ccc(C(=O)N2CCNC(=O)C2)cc1)NCCOCCC(C)C. The third-order valence-electron chi connectivity index (χ3n) is 4.67. The third-order valence-corrected chi connectivity index (χ3v) is 4.67. The Labute approximate surface area is 179 Å². The second-order valence-corrected chi connectivity index (χ2v) is 7.69. The van der Waals surface area contributed by atoms with Crippen LogP contribution in [0.25, 0.3) is 0 Å². The van der Waals surface area contributed by atoms with Crippen molar-refractivity contribution in [3.8, 4) is 0 Å². The number of carbonyl (C=O) groups excluding carboxylic acids is 2. The number of nitrogens with zero attached hydrogens (tertiary/aromatic N) is 2. The summed E-state index contributed by atoms with van der Waals surface area (Å²) in [5.74, 6) is 1.16. The molecule has 0 radical (unpaired) electrons. The number of benzene rings is 1. The van der Waals surface area contributed by atoms with E-state index in [4.69, 9.17) is 4.74 Å². The summed E-state index contributed by atoms with van der Waals surface area (Å²) in [5.41, 5.74) is 1.59. The zero-order valence-electron chi connectivity index (χ0n) is 18.4. The first-order chi connectivity index (χ1) is 14.5. The van der Waals surface area contributed by atoms with E-state index >= 15 is 0 Å². The highest BCUT2D eigenvalue weighted by atomic mass is 16.5. The zero-order chi connectivity index (χ0) is 21.8. The van der Waals surface area contributed by atoms with Crippen molar-refractivity contribution in [2.45, 2.75) is 33.7 Å². The Bertz CT molecular complexity index is 703. The number of rotatable bonds is 10. The molecule has 166 valence electrons. The van der Waals surface area contributed by atoms with Crippen molar-refractivity contribution in [2.75, 3.05) is 45.9 Å². The second kappa shape index (κ2) is 12.8. The molecule has 8 nitrogen and oxygen atoms in total. The van der Waals surface area contributed by atoms with Crippen molar-refractivity contribution in [3.63, 3.8) is 0 Å². The number of guanidine groups is 1. The summed E-state index contributed by atoms with van der Waals surface area (Å²) in [6.07, 6.45) is 1.07. The van der Waals surface area contributed by atoms with E-state index in [2.05, 4.69) is 34.8 Å². The molecule has 1 heterocycles. The molecule has 0 spiro atoms. The van der Waals surface area contributed by atoms with Gasteiger partial charge in [-0.05, 0) is 37.0 Å². The average molecular weight is 418 g/mol. The fraction of sp³-hybridized carbons (Fsp3) is 0.591. The fourth-order valence-corrected chi connectivity index (χ4v) is 2.92. The molecule has 1 aromatic rings. The van der Waals surface area contributed by atoms with E-state index in [0.29, 0.717) is 44.3 Å². The molecule has 0 bridgehead atoms. The molecule has 2 amide bonds. The minimum Gasteiger partial charge on any atom is -0.380 e. The molecule has 1 aliphatic heterocycles. The Hall–Kier alpha value is -2.61. The predicted octanol–water partition coefficient (Wildman–Crippen LogP) is 1.38. The van der Waals surface area contributed by atoms with Crippen LogP contribution < -0.4 is 16.0 Å². The van der Waals surface area contributed by atoms with Gasteiger partial charge in [-0.15, -0.1) is 0 Å². The Morgan fingerprint density at radius 2 is 2.00 bits per heavy atom. The normalized spacial score (nSPS) is 14.6. The van der Waals surface area contributed by atoms with Gasteiger partial charge in [0.05, 0.1) is 19.7 Å². The lowest BCUT2D eigenvalue weighted by molar-refractivity contribution is -0.123. The highest BCUT2D eigenvalue weighted by Gasteiger charge is 2.22. The molecule has 0 aromatic heterocycles. The first-order valence-electron chi connectivity index (χ1n) is 10.7. The Balaban J connectivity index is 1.82. The summed E-state index contributed by atoms with van der Waals surface area (Å²) in [7, 11) is 0. The number of aliphatic imine (C=N–C) groups is 1. The molecular formula is C22H35N5O3. The average Bonchev–Trinajstić information content (AvgIpc) is 2.74. The van der Waals surface area contributed by atoms with Gasteiger partial charge in [-0.3, -0.25) is 9.59 Å². The van der Waals surface area contributed by atoms with E-state index in [1.54, 1.807) is 17.0 Å². The Morgan fingerprint density at radius 1 is 1.23 bits per heavy atom. The Kier molecular flexibility index (Phi) is 10.1.